The molecule has 0 atom stereocenters. The highest BCUT2D eigenvalue weighted by Gasteiger charge is 2.08. The molecule has 0 aliphatic carbocycles. The number of phenolic OH excluding ortho intramolecular Hbond substituents is 2. The van der Waals surface area contributed by atoms with Crippen LogP contribution < -0.4 is 5.56 Å². The van der Waals surface area contributed by atoms with Crippen molar-refractivity contribution in [3.05, 3.63) is 38.7 Å². The predicted molar refractivity (Wildman–Crippen MR) is 66.1 cm³/mol. The number of nitrogens with zero attached hydrogens (tertiary/aromatic N) is 1. The van der Waals surface area contributed by atoms with Crippen molar-refractivity contribution in [2.45, 2.75) is 6.92 Å². The van der Waals surface area contributed by atoms with Gasteiger partial charge in [0.05, 0.1) is 5.69 Å². The maximum Gasteiger partial charge on any atom is 0.265 e. The van der Waals surface area contributed by atoms with E-state index in [0.717, 1.165) is 0 Å². The van der Waals surface area contributed by atoms with Gasteiger partial charge in [0, 0.05) is 5.56 Å². The lowest BCUT2D eigenvalue weighted by Crippen LogP contribution is -2.11. The summed E-state index contributed by atoms with van der Waals surface area (Å²) in [5.41, 5.74) is 0.782. The van der Waals surface area contributed by atoms with E-state index in [2.05, 4.69) is 25.9 Å². The fourth-order valence-corrected chi connectivity index (χ4v) is 1.57. The van der Waals surface area contributed by atoms with Gasteiger partial charge in [-0.15, -0.1) is 0 Å². The summed E-state index contributed by atoms with van der Waals surface area (Å²) in [6, 6.07) is 4.23. The first kappa shape index (κ1) is 11.7. The van der Waals surface area contributed by atoms with Crippen molar-refractivity contribution in [2.75, 3.05) is 0 Å². The zero-order valence-corrected chi connectivity index (χ0v) is 10.4. The van der Waals surface area contributed by atoms with E-state index < -0.39 is 0 Å². The Kier molecular flexibility index (Phi) is 2.89. The van der Waals surface area contributed by atoms with Crippen LogP contribution in [0.5, 0.6) is 11.5 Å². The number of H-pyrrole nitrogens is 1. The lowest BCUT2D eigenvalue weighted by atomic mass is 10.2. The fraction of sp³-hybridized carbons (Fsp3) is 0.0909. The van der Waals surface area contributed by atoms with Crippen LogP contribution in [0.25, 0.3) is 11.4 Å². The van der Waals surface area contributed by atoms with E-state index in [1.54, 1.807) is 13.0 Å². The molecule has 1 aromatic heterocycles. The van der Waals surface area contributed by atoms with Crippen molar-refractivity contribution in [1.29, 1.82) is 0 Å². The molecule has 0 bridgehead atoms. The number of aromatic amines is 1. The van der Waals surface area contributed by atoms with E-state index in [1.165, 1.54) is 12.1 Å². The number of hydrogen-bond donors (Lipinski definition) is 3. The van der Waals surface area contributed by atoms with Gasteiger partial charge in [-0.1, -0.05) is 0 Å². The number of rotatable bonds is 1. The molecule has 0 fully saturated rings. The van der Waals surface area contributed by atoms with Gasteiger partial charge in [-0.2, -0.15) is 0 Å². The standard InChI is InChI=1S/C11H9BrN2O3/c1-5-9(12)11(17)14-10(13-5)6-2-3-7(15)8(16)4-6/h2-4,15-16H,1H3,(H,13,14,17). The second-order valence-corrected chi connectivity index (χ2v) is 4.31. The Hall–Kier alpha value is -1.82. The van der Waals surface area contributed by atoms with Gasteiger partial charge in [-0.3, -0.25) is 4.79 Å². The van der Waals surface area contributed by atoms with Crippen LogP contribution in [0.1, 0.15) is 5.69 Å². The van der Waals surface area contributed by atoms with E-state index in [9.17, 15) is 15.0 Å². The van der Waals surface area contributed by atoms with E-state index in [0.29, 0.717) is 21.6 Å². The minimum absolute atomic E-state index is 0.218. The molecule has 5 nitrogen and oxygen atoms in total. The number of phenols is 2. The van der Waals surface area contributed by atoms with Gasteiger partial charge in [-0.25, -0.2) is 4.98 Å². The van der Waals surface area contributed by atoms with Crippen LogP contribution in [-0.4, -0.2) is 20.2 Å². The van der Waals surface area contributed by atoms with Crippen LogP contribution in [-0.2, 0) is 0 Å². The molecule has 6 heteroatoms. The minimum atomic E-state index is -0.292. The Morgan fingerprint density at radius 1 is 1.29 bits per heavy atom. The molecule has 2 rings (SSSR count). The third-order valence-corrected chi connectivity index (χ3v) is 3.21. The van der Waals surface area contributed by atoms with Crippen molar-refractivity contribution in [1.82, 2.24) is 9.97 Å². The average Bonchev–Trinajstić information content (AvgIpc) is 2.29. The summed E-state index contributed by atoms with van der Waals surface area (Å²) in [5.74, 6) is -0.137. The summed E-state index contributed by atoms with van der Waals surface area (Å²) < 4.78 is 0.379. The van der Waals surface area contributed by atoms with Crippen molar-refractivity contribution < 1.29 is 10.2 Å². The Morgan fingerprint density at radius 2 is 2.00 bits per heavy atom. The van der Waals surface area contributed by atoms with Gasteiger partial charge in [-0.05, 0) is 41.1 Å². The number of nitrogens with one attached hydrogen (secondary N) is 1. The second-order valence-electron chi connectivity index (χ2n) is 3.52. The van der Waals surface area contributed by atoms with Gasteiger partial charge < -0.3 is 15.2 Å². The largest absolute Gasteiger partial charge is 0.504 e. The van der Waals surface area contributed by atoms with Crippen LogP contribution >= 0.6 is 15.9 Å². The quantitative estimate of drug-likeness (QED) is 0.702. The van der Waals surface area contributed by atoms with E-state index in [1.807, 2.05) is 0 Å². The average molecular weight is 297 g/mol. The molecule has 0 saturated heterocycles. The Labute approximate surface area is 105 Å². The topological polar surface area (TPSA) is 86.2 Å². The van der Waals surface area contributed by atoms with Gasteiger partial charge in [0.15, 0.2) is 11.5 Å². The number of benzene rings is 1. The molecule has 0 spiro atoms. The first-order valence-electron chi connectivity index (χ1n) is 4.78. The fourth-order valence-electron chi connectivity index (χ4n) is 1.38. The molecule has 0 unspecified atom stereocenters. The van der Waals surface area contributed by atoms with Crippen molar-refractivity contribution in [2.24, 2.45) is 0 Å². The first-order chi connectivity index (χ1) is 7.99. The van der Waals surface area contributed by atoms with E-state index in [4.69, 9.17) is 0 Å². The number of aromatic nitrogens is 2. The van der Waals surface area contributed by atoms with Crippen LogP contribution in [0.3, 0.4) is 0 Å². The number of aryl methyl sites for hydroxylation is 1. The zero-order chi connectivity index (χ0) is 12.6. The predicted octanol–water partition coefficient (Wildman–Crippen LogP) is 1.92. The van der Waals surface area contributed by atoms with Crippen LogP contribution in [0.15, 0.2) is 27.5 Å². The molecule has 3 N–H and O–H groups in total. The molecule has 0 saturated carbocycles. The summed E-state index contributed by atoms with van der Waals surface area (Å²) in [6.07, 6.45) is 0. The van der Waals surface area contributed by atoms with Gasteiger partial charge in [0.2, 0.25) is 0 Å². The van der Waals surface area contributed by atoms with Crippen molar-refractivity contribution in [3.63, 3.8) is 0 Å². The maximum atomic E-state index is 11.5. The molecule has 0 aliphatic rings. The zero-order valence-electron chi connectivity index (χ0n) is 8.86. The molecule has 0 radical (unpaired) electrons. The second kappa shape index (κ2) is 4.21. The Balaban J connectivity index is 2.61. The molecule has 0 amide bonds. The molecule has 2 aromatic rings. The molecule has 1 heterocycles. The van der Waals surface area contributed by atoms with Crippen molar-refractivity contribution >= 4 is 15.9 Å². The van der Waals surface area contributed by atoms with Crippen molar-refractivity contribution in [3.8, 4) is 22.9 Å². The highest BCUT2D eigenvalue weighted by molar-refractivity contribution is 9.10. The number of aromatic hydroxyl groups is 2. The summed E-state index contributed by atoms with van der Waals surface area (Å²) in [6.45, 7) is 1.70. The SMILES string of the molecule is Cc1nc(-c2ccc(O)c(O)c2)[nH]c(=O)c1Br. The summed E-state index contributed by atoms with van der Waals surface area (Å²) in [7, 11) is 0. The number of hydrogen-bond acceptors (Lipinski definition) is 4. The minimum Gasteiger partial charge on any atom is -0.504 e. The monoisotopic (exact) mass is 296 g/mol. The Bertz CT molecular complexity index is 637. The van der Waals surface area contributed by atoms with Crippen LogP contribution in [0.2, 0.25) is 0 Å². The molecular formula is C11H9BrN2O3. The highest BCUT2D eigenvalue weighted by atomic mass is 79.9. The number of halogens is 1. The smallest absolute Gasteiger partial charge is 0.265 e. The first-order valence-corrected chi connectivity index (χ1v) is 5.57. The molecule has 0 aliphatic heterocycles. The summed E-state index contributed by atoms with van der Waals surface area (Å²) in [4.78, 5) is 18.3. The van der Waals surface area contributed by atoms with Gasteiger partial charge >= 0.3 is 0 Å². The van der Waals surface area contributed by atoms with E-state index >= 15 is 0 Å². The highest BCUT2D eigenvalue weighted by Crippen LogP contribution is 2.28. The van der Waals surface area contributed by atoms with Crippen LogP contribution in [0.4, 0.5) is 0 Å². The summed E-state index contributed by atoms with van der Waals surface area (Å²) >= 11 is 3.12. The third-order valence-electron chi connectivity index (χ3n) is 2.28. The molecule has 88 valence electrons. The lowest BCUT2D eigenvalue weighted by Gasteiger charge is -2.04. The van der Waals surface area contributed by atoms with Crippen LogP contribution in [0, 0.1) is 6.92 Å². The van der Waals surface area contributed by atoms with Gasteiger partial charge in [0.25, 0.3) is 5.56 Å². The molecule has 1 aromatic carbocycles. The third kappa shape index (κ3) is 2.16. The summed E-state index contributed by atoms with van der Waals surface area (Å²) in [5, 5.41) is 18.6. The molecule has 17 heavy (non-hydrogen) atoms. The Morgan fingerprint density at radius 3 is 2.59 bits per heavy atom. The maximum absolute atomic E-state index is 11.5. The normalized spacial score (nSPS) is 10.5. The van der Waals surface area contributed by atoms with Gasteiger partial charge in [0.1, 0.15) is 10.3 Å². The van der Waals surface area contributed by atoms with E-state index in [-0.39, 0.29) is 17.1 Å². The lowest BCUT2D eigenvalue weighted by molar-refractivity contribution is 0.404. The molecular weight excluding hydrogens is 288 g/mol.